The molecule has 0 radical (unpaired) electrons. The number of carbonyl (C=O) groups is 1. The van der Waals surface area contributed by atoms with Crippen LogP contribution < -0.4 is 4.74 Å². The van der Waals surface area contributed by atoms with Crippen LogP contribution >= 0.6 is 7.60 Å². The Hall–Kier alpha value is -1.16. The molecule has 1 aliphatic rings. The molecule has 1 atom stereocenters. The molecular formula is C13H17O5P. The van der Waals surface area contributed by atoms with E-state index in [0.717, 1.165) is 0 Å². The predicted octanol–water partition coefficient (Wildman–Crippen LogP) is 3.30. The van der Waals surface area contributed by atoms with Crippen LogP contribution in [0.1, 0.15) is 31.5 Å². The lowest BCUT2D eigenvalue weighted by Gasteiger charge is -2.29. The molecule has 0 fully saturated rings. The predicted molar refractivity (Wildman–Crippen MR) is 70.3 cm³/mol. The molecule has 0 bridgehead atoms. The first kappa shape index (κ1) is 14.3. The fourth-order valence-corrected chi connectivity index (χ4v) is 4.22. The van der Waals surface area contributed by atoms with Crippen molar-refractivity contribution in [2.24, 2.45) is 0 Å². The molecule has 0 saturated carbocycles. The molecule has 0 aliphatic carbocycles. The van der Waals surface area contributed by atoms with E-state index in [2.05, 4.69) is 0 Å². The summed E-state index contributed by atoms with van der Waals surface area (Å²) < 4.78 is 28.6. The topological polar surface area (TPSA) is 61.8 Å². The number of hydrogen-bond acceptors (Lipinski definition) is 5. The van der Waals surface area contributed by atoms with Crippen LogP contribution in [0.25, 0.3) is 0 Å². The van der Waals surface area contributed by atoms with Crippen LogP contribution in [0.5, 0.6) is 5.75 Å². The van der Waals surface area contributed by atoms with Gasteiger partial charge in [0.2, 0.25) is 0 Å². The summed E-state index contributed by atoms with van der Waals surface area (Å²) in [6.07, 6.45) is 0.00823. The van der Waals surface area contributed by atoms with E-state index in [0.29, 0.717) is 11.3 Å². The molecule has 1 heterocycles. The van der Waals surface area contributed by atoms with Crippen LogP contribution in [0.15, 0.2) is 24.3 Å². The van der Waals surface area contributed by atoms with E-state index in [4.69, 9.17) is 13.8 Å². The van der Waals surface area contributed by atoms with Gasteiger partial charge < -0.3 is 13.8 Å². The van der Waals surface area contributed by atoms with Crippen LogP contribution in [0.3, 0.4) is 0 Å². The van der Waals surface area contributed by atoms with Gasteiger partial charge in [-0.05, 0) is 19.9 Å². The Labute approximate surface area is 112 Å². The zero-order valence-electron chi connectivity index (χ0n) is 11.0. The molecule has 0 amide bonds. The van der Waals surface area contributed by atoms with Crippen molar-refractivity contribution >= 4 is 13.6 Å². The average Bonchev–Trinajstić information content (AvgIpc) is 2.38. The second kappa shape index (κ2) is 5.87. The molecule has 1 aromatic carbocycles. The molecule has 1 unspecified atom stereocenters. The van der Waals surface area contributed by atoms with Gasteiger partial charge in [0.25, 0.3) is 0 Å². The molecule has 1 aliphatic heterocycles. The summed E-state index contributed by atoms with van der Waals surface area (Å²) >= 11 is 0. The van der Waals surface area contributed by atoms with Gasteiger partial charge in [-0.15, -0.1) is 0 Å². The van der Waals surface area contributed by atoms with Gasteiger partial charge in [0.05, 0.1) is 19.6 Å². The summed E-state index contributed by atoms with van der Waals surface area (Å²) in [5.41, 5.74) is 0.109. The highest BCUT2D eigenvalue weighted by atomic mass is 31.2. The van der Waals surface area contributed by atoms with E-state index in [-0.39, 0.29) is 19.6 Å². The van der Waals surface area contributed by atoms with Crippen LogP contribution in [-0.2, 0) is 18.4 Å². The Morgan fingerprint density at radius 1 is 1.26 bits per heavy atom. The van der Waals surface area contributed by atoms with Gasteiger partial charge >= 0.3 is 13.6 Å². The smallest absolute Gasteiger partial charge is 0.338 e. The number of fused-ring (bicyclic) bond motifs is 1. The van der Waals surface area contributed by atoms with Gasteiger partial charge in [0.15, 0.2) is 0 Å². The van der Waals surface area contributed by atoms with Crippen molar-refractivity contribution in [1.82, 2.24) is 0 Å². The van der Waals surface area contributed by atoms with Crippen molar-refractivity contribution in [2.75, 3.05) is 13.2 Å². The first-order valence-electron chi connectivity index (χ1n) is 6.29. The zero-order valence-corrected chi connectivity index (χ0v) is 11.9. The Bertz CT molecular complexity index is 504. The summed E-state index contributed by atoms with van der Waals surface area (Å²) in [5, 5.41) is 0. The Morgan fingerprint density at radius 3 is 2.53 bits per heavy atom. The standard InChI is InChI=1S/C13H17O5P/c1-3-16-19(15,17-4-2)12-9-13(14)18-11-8-6-5-7-10(11)12/h5-8,12H,3-4,9H2,1-2H3. The van der Waals surface area contributed by atoms with Gasteiger partial charge in [-0.1, -0.05) is 18.2 Å². The van der Waals surface area contributed by atoms with Crippen molar-refractivity contribution in [3.05, 3.63) is 29.8 Å². The number of carbonyl (C=O) groups excluding carboxylic acids is 1. The van der Waals surface area contributed by atoms with Crippen LogP contribution in [-0.4, -0.2) is 19.2 Å². The summed E-state index contributed by atoms with van der Waals surface area (Å²) in [4.78, 5) is 11.6. The largest absolute Gasteiger partial charge is 0.426 e. The van der Waals surface area contributed by atoms with Gasteiger partial charge in [-0.2, -0.15) is 0 Å². The van der Waals surface area contributed by atoms with Gasteiger partial charge in [-0.25, -0.2) is 0 Å². The minimum absolute atomic E-state index is 0.00823. The van der Waals surface area contributed by atoms with Crippen LogP contribution in [0.4, 0.5) is 0 Å². The van der Waals surface area contributed by atoms with E-state index in [1.54, 1.807) is 32.0 Å². The molecule has 0 spiro atoms. The third-order valence-electron chi connectivity index (χ3n) is 2.86. The van der Waals surface area contributed by atoms with Crippen molar-refractivity contribution in [1.29, 1.82) is 0 Å². The third kappa shape index (κ3) is 2.89. The maximum absolute atomic E-state index is 12.8. The first-order valence-corrected chi connectivity index (χ1v) is 7.90. The van der Waals surface area contributed by atoms with E-state index >= 15 is 0 Å². The highest BCUT2D eigenvalue weighted by Crippen LogP contribution is 2.64. The molecular weight excluding hydrogens is 267 g/mol. The Kier molecular flexibility index (Phi) is 4.40. The van der Waals surface area contributed by atoms with E-state index < -0.39 is 19.2 Å². The summed E-state index contributed by atoms with van der Waals surface area (Å²) in [6, 6.07) is 7.05. The molecule has 1 aromatic rings. The van der Waals surface area contributed by atoms with Gasteiger partial charge in [-0.3, -0.25) is 9.36 Å². The lowest BCUT2D eigenvalue weighted by Crippen LogP contribution is -2.21. The Morgan fingerprint density at radius 2 is 1.89 bits per heavy atom. The highest BCUT2D eigenvalue weighted by Gasteiger charge is 2.42. The van der Waals surface area contributed by atoms with Crippen molar-refractivity contribution in [3.63, 3.8) is 0 Å². The second-order valence-corrected chi connectivity index (χ2v) is 6.33. The van der Waals surface area contributed by atoms with E-state index in [9.17, 15) is 9.36 Å². The quantitative estimate of drug-likeness (QED) is 0.471. The summed E-state index contributed by atoms with van der Waals surface area (Å²) in [6.45, 7) is 4.04. The minimum atomic E-state index is -3.37. The molecule has 0 saturated heterocycles. The fraction of sp³-hybridized carbons (Fsp3) is 0.462. The molecule has 2 rings (SSSR count). The van der Waals surface area contributed by atoms with Crippen molar-refractivity contribution in [2.45, 2.75) is 25.9 Å². The fourth-order valence-electron chi connectivity index (χ4n) is 2.14. The lowest BCUT2D eigenvalue weighted by molar-refractivity contribution is -0.135. The van der Waals surface area contributed by atoms with Gasteiger partial charge in [0.1, 0.15) is 11.4 Å². The second-order valence-electron chi connectivity index (χ2n) is 4.11. The van der Waals surface area contributed by atoms with E-state index in [1.807, 2.05) is 6.07 Å². The maximum Gasteiger partial charge on any atom is 0.338 e. The minimum Gasteiger partial charge on any atom is -0.426 e. The number of ether oxygens (including phenoxy) is 1. The number of esters is 1. The number of hydrogen-bond donors (Lipinski definition) is 0. The molecule has 0 N–H and O–H groups in total. The molecule has 19 heavy (non-hydrogen) atoms. The molecule has 104 valence electrons. The molecule has 6 heteroatoms. The van der Waals surface area contributed by atoms with E-state index in [1.165, 1.54) is 0 Å². The molecule has 0 aromatic heterocycles. The Balaban J connectivity index is 2.43. The maximum atomic E-state index is 12.8. The third-order valence-corrected chi connectivity index (χ3v) is 5.32. The normalized spacial score (nSPS) is 18.8. The van der Waals surface area contributed by atoms with Crippen molar-refractivity contribution in [3.8, 4) is 5.75 Å². The lowest BCUT2D eigenvalue weighted by atomic mass is 10.1. The monoisotopic (exact) mass is 284 g/mol. The van der Waals surface area contributed by atoms with Crippen molar-refractivity contribution < 1.29 is 23.1 Å². The summed E-state index contributed by atoms with van der Waals surface area (Å²) in [5.74, 6) is 0.0201. The zero-order chi connectivity index (χ0) is 13.9. The average molecular weight is 284 g/mol. The SMILES string of the molecule is CCOP(=O)(OCC)C1CC(=O)Oc2ccccc21. The van der Waals surface area contributed by atoms with Crippen LogP contribution in [0.2, 0.25) is 0 Å². The first-order chi connectivity index (χ1) is 9.10. The number of para-hydroxylation sites is 1. The number of rotatable bonds is 5. The summed E-state index contributed by atoms with van der Waals surface area (Å²) in [7, 11) is -3.37. The number of benzene rings is 1. The van der Waals surface area contributed by atoms with Crippen LogP contribution in [0, 0.1) is 0 Å². The molecule has 5 nitrogen and oxygen atoms in total. The highest BCUT2D eigenvalue weighted by molar-refractivity contribution is 7.54. The van der Waals surface area contributed by atoms with Gasteiger partial charge in [0, 0.05) is 5.56 Å².